The molecule has 0 aliphatic rings. The molecule has 5 nitrogen and oxygen atoms in total. The van der Waals surface area contributed by atoms with Crippen LogP contribution in [0.4, 0.5) is 0 Å². The lowest BCUT2D eigenvalue weighted by atomic mass is 9.94. The fourth-order valence-electron chi connectivity index (χ4n) is 2.02. The van der Waals surface area contributed by atoms with E-state index in [4.69, 9.17) is 0 Å². The van der Waals surface area contributed by atoms with Crippen molar-refractivity contribution in [3.63, 3.8) is 0 Å². The van der Waals surface area contributed by atoms with Crippen molar-refractivity contribution in [1.29, 1.82) is 0 Å². The highest BCUT2D eigenvalue weighted by atomic mass is 16.6. The molecular formula is C15H22N2O3. The summed E-state index contributed by atoms with van der Waals surface area (Å²) >= 11 is 0. The highest BCUT2D eigenvalue weighted by molar-refractivity contribution is 5.94. The predicted octanol–water partition coefficient (Wildman–Crippen LogP) is 3.03. The molecule has 0 radical (unpaired) electrons. The van der Waals surface area contributed by atoms with Gasteiger partial charge in [-0.05, 0) is 32.4 Å². The Morgan fingerprint density at radius 2 is 1.95 bits per heavy atom. The Balaban J connectivity index is 2.57. The van der Waals surface area contributed by atoms with Crippen molar-refractivity contribution in [2.24, 2.45) is 0 Å². The van der Waals surface area contributed by atoms with Gasteiger partial charge in [-0.15, -0.1) is 0 Å². The van der Waals surface area contributed by atoms with E-state index in [1.54, 1.807) is 12.1 Å². The molecule has 0 spiro atoms. The van der Waals surface area contributed by atoms with Crippen molar-refractivity contribution in [2.75, 3.05) is 0 Å². The smallest absolute Gasteiger partial charge is 0.251 e. The van der Waals surface area contributed by atoms with E-state index < -0.39 is 11.6 Å². The quantitative estimate of drug-likeness (QED) is 0.615. The maximum absolute atomic E-state index is 12.1. The van der Waals surface area contributed by atoms with Crippen molar-refractivity contribution in [1.82, 2.24) is 5.32 Å². The minimum atomic E-state index is -0.539. The second-order valence-corrected chi connectivity index (χ2v) is 5.59. The molecule has 20 heavy (non-hydrogen) atoms. The molecule has 0 heterocycles. The molecule has 1 amide bonds. The van der Waals surface area contributed by atoms with E-state index in [9.17, 15) is 14.9 Å². The summed E-state index contributed by atoms with van der Waals surface area (Å²) < 4.78 is 0. The Bertz CT molecular complexity index is 457. The fraction of sp³-hybridized carbons (Fsp3) is 0.533. The number of nitrogens with one attached hydrogen (secondary N) is 1. The van der Waals surface area contributed by atoms with Crippen LogP contribution >= 0.6 is 0 Å². The summed E-state index contributed by atoms with van der Waals surface area (Å²) in [5.74, 6) is -0.148. The zero-order valence-corrected chi connectivity index (χ0v) is 12.3. The highest BCUT2D eigenvalue weighted by Gasteiger charge is 2.26. The van der Waals surface area contributed by atoms with Gasteiger partial charge < -0.3 is 5.32 Å². The Labute approximate surface area is 119 Å². The summed E-state index contributed by atoms with van der Waals surface area (Å²) in [6.45, 7) is 5.59. The van der Waals surface area contributed by atoms with Crippen LogP contribution in [0, 0.1) is 10.1 Å². The average Bonchev–Trinajstić information content (AvgIpc) is 2.39. The van der Waals surface area contributed by atoms with Gasteiger partial charge in [-0.25, -0.2) is 0 Å². The van der Waals surface area contributed by atoms with Gasteiger partial charge in [-0.3, -0.25) is 14.9 Å². The Kier molecular flexibility index (Phi) is 5.67. The molecule has 0 aliphatic carbocycles. The first-order valence-corrected chi connectivity index (χ1v) is 6.87. The third kappa shape index (κ3) is 4.99. The summed E-state index contributed by atoms with van der Waals surface area (Å²) in [6.07, 6.45) is 1.55. The molecule has 1 atom stereocenters. The van der Waals surface area contributed by atoms with E-state index in [1.165, 1.54) is 0 Å². The van der Waals surface area contributed by atoms with E-state index in [-0.39, 0.29) is 10.8 Å². The first-order chi connectivity index (χ1) is 9.35. The molecule has 110 valence electrons. The van der Waals surface area contributed by atoms with Crippen LogP contribution in [0.1, 0.15) is 50.4 Å². The number of amides is 1. The van der Waals surface area contributed by atoms with E-state index in [2.05, 4.69) is 5.32 Å². The van der Waals surface area contributed by atoms with Crippen LogP contribution in [0.15, 0.2) is 30.3 Å². The molecule has 0 bridgehead atoms. The molecule has 1 aromatic rings. The average molecular weight is 278 g/mol. The first kappa shape index (κ1) is 16.1. The number of rotatable bonds is 7. The Morgan fingerprint density at radius 3 is 2.45 bits per heavy atom. The maximum Gasteiger partial charge on any atom is 0.251 e. The SMILES string of the molecule is CCC(CCC(C)(C)NC(=O)c1ccccc1)[N+](=O)[O-]. The molecule has 1 rings (SSSR count). The monoisotopic (exact) mass is 278 g/mol. The number of benzene rings is 1. The number of nitrogens with zero attached hydrogens (tertiary/aromatic N) is 1. The molecule has 1 unspecified atom stereocenters. The maximum atomic E-state index is 12.1. The zero-order chi connectivity index (χ0) is 15.2. The van der Waals surface area contributed by atoms with Gasteiger partial charge in [0.05, 0.1) is 0 Å². The summed E-state index contributed by atoms with van der Waals surface area (Å²) in [5, 5.41) is 13.7. The van der Waals surface area contributed by atoms with Crippen molar-refractivity contribution in [3.8, 4) is 0 Å². The molecule has 0 saturated carbocycles. The summed E-state index contributed by atoms with van der Waals surface area (Å²) in [4.78, 5) is 22.6. The van der Waals surface area contributed by atoms with E-state index in [0.29, 0.717) is 24.8 Å². The van der Waals surface area contributed by atoms with Crippen LogP contribution in [0.25, 0.3) is 0 Å². The fourth-order valence-corrected chi connectivity index (χ4v) is 2.02. The van der Waals surface area contributed by atoms with Gasteiger partial charge in [0, 0.05) is 28.9 Å². The van der Waals surface area contributed by atoms with Crippen molar-refractivity contribution in [3.05, 3.63) is 46.0 Å². The van der Waals surface area contributed by atoms with Gasteiger partial charge in [-0.1, -0.05) is 25.1 Å². The largest absolute Gasteiger partial charge is 0.347 e. The van der Waals surface area contributed by atoms with Crippen molar-refractivity contribution in [2.45, 2.75) is 51.6 Å². The van der Waals surface area contributed by atoms with Gasteiger partial charge in [0.25, 0.3) is 5.91 Å². The lowest BCUT2D eigenvalue weighted by Crippen LogP contribution is -2.44. The van der Waals surface area contributed by atoms with Crippen LogP contribution < -0.4 is 5.32 Å². The second-order valence-electron chi connectivity index (χ2n) is 5.59. The van der Waals surface area contributed by atoms with Crippen LogP contribution in [-0.2, 0) is 0 Å². The third-order valence-corrected chi connectivity index (χ3v) is 3.36. The molecule has 0 saturated heterocycles. The van der Waals surface area contributed by atoms with Gasteiger partial charge in [0.1, 0.15) is 0 Å². The van der Waals surface area contributed by atoms with Gasteiger partial charge in [0.15, 0.2) is 0 Å². The lowest BCUT2D eigenvalue weighted by molar-refractivity contribution is -0.524. The summed E-state index contributed by atoms with van der Waals surface area (Å²) in [7, 11) is 0. The number of nitro groups is 1. The van der Waals surface area contributed by atoms with Crippen LogP contribution in [-0.4, -0.2) is 22.4 Å². The molecule has 1 N–H and O–H groups in total. The standard InChI is InChI=1S/C15H22N2O3/c1-4-13(17(19)20)10-11-15(2,3)16-14(18)12-8-6-5-7-9-12/h5-9,13H,4,10-11H2,1-3H3,(H,16,18). The molecule has 0 fully saturated rings. The number of carbonyl (C=O) groups excluding carboxylic acids is 1. The predicted molar refractivity (Wildman–Crippen MR) is 78.3 cm³/mol. The number of carbonyl (C=O) groups is 1. The topological polar surface area (TPSA) is 72.2 Å². The molecular weight excluding hydrogens is 256 g/mol. The highest BCUT2D eigenvalue weighted by Crippen LogP contribution is 2.16. The number of hydrogen-bond donors (Lipinski definition) is 1. The van der Waals surface area contributed by atoms with Crippen molar-refractivity contribution >= 4 is 5.91 Å². The molecule has 0 aliphatic heterocycles. The van der Waals surface area contributed by atoms with Crippen LogP contribution in [0.5, 0.6) is 0 Å². The Hall–Kier alpha value is -1.91. The van der Waals surface area contributed by atoms with Crippen LogP contribution in [0.2, 0.25) is 0 Å². The normalized spacial score (nSPS) is 12.8. The lowest BCUT2D eigenvalue weighted by Gasteiger charge is -2.26. The van der Waals surface area contributed by atoms with E-state index in [0.717, 1.165) is 0 Å². The van der Waals surface area contributed by atoms with E-state index >= 15 is 0 Å². The minimum absolute atomic E-state index is 0.148. The third-order valence-electron chi connectivity index (χ3n) is 3.36. The van der Waals surface area contributed by atoms with Crippen LogP contribution in [0.3, 0.4) is 0 Å². The summed E-state index contributed by atoms with van der Waals surface area (Å²) in [6, 6.07) is 8.42. The summed E-state index contributed by atoms with van der Waals surface area (Å²) in [5.41, 5.74) is 0.137. The van der Waals surface area contributed by atoms with Crippen molar-refractivity contribution < 1.29 is 9.72 Å². The van der Waals surface area contributed by atoms with Gasteiger partial charge >= 0.3 is 0 Å². The molecule has 1 aromatic carbocycles. The Morgan fingerprint density at radius 1 is 1.35 bits per heavy atom. The second kappa shape index (κ2) is 7.03. The minimum Gasteiger partial charge on any atom is -0.347 e. The van der Waals surface area contributed by atoms with E-state index in [1.807, 2.05) is 39.0 Å². The number of hydrogen-bond acceptors (Lipinski definition) is 3. The van der Waals surface area contributed by atoms with Gasteiger partial charge in [0.2, 0.25) is 6.04 Å². The van der Waals surface area contributed by atoms with Gasteiger partial charge in [-0.2, -0.15) is 0 Å². The zero-order valence-electron chi connectivity index (χ0n) is 12.3. The molecule has 0 aromatic heterocycles. The first-order valence-electron chi connectivity index (χ1n) is 6.87. The molecule has 5 heteroatoms.